The number of nitrogens with zero attached hydrogens (tertiary/aromatic N) is 2. The average Bonchev–Trinajstić information content (AvgIpc) is 2.38. The van der Waals surface area contributed by atoms with E-state index in [1.807, 2.05) is 12.3 Å². The van der Waals surface area contributed by atoms with Crippen molar-refractivity contribution in [2.24, 2.45) is 0 Å². The van der Waals surface area contributed by atoms with Gasteiger partial charge in [0.05, 0.1) is 5.69 Å². The molecule has 1 aromatic heterocycles. The summed E-state index contributed by atoms with van der Waals surface area (Å²) >= 11 is 0. The summed E-state index contributed by atoms with van der Waals surface area (Å²) in [6, 6.07) is 8.63. The summed E-state index contributed by atoms with van der Waals surface area (Å²) < 4.78 is 0. The molecule has 98 valence electrons. The van der Waals surface area contributed by atoms with Crippen molar-refractivity contribution in [3.05, 3.63) is 47.2 Å². The topological polar surface area (TPSA) is 28.2 Å². The lowest BCUT2D eigenvalue weighted by molar-refractivity contribution is 0.903. The first-order chi connectivity index (χ1) is 9.16. The SMILES string of the molecule is Cc1cc(C)c(N2CCNc3ncccc32)c(C)c1. The standard InChI is InChI=1S/C16H19N3/c1-11-9-12(2)15(13(3)10-11)19-8-7-18-16-14(19)5-4-6-17-16/h4-6,9-10H,7-8H2,1-3H3,(H,17,18). The predicted molar refractivity (Wildman–Crippen MR) is 80.4 cm³/mol. The minimum absolute atomic E-state index is 0.927. The molecular formula is C16H19N3. The molecule has 3 nitrogen and oxygen atoms in total. The van der Waals surface area contributed by atoms with Gasteiger partial charge >= 0.3 is 0 Å². The Labute approximate surface area is 114 Å². The molecule has 0 amide bonds. The number of aryl methyl sites for hydroxylation is 3. The van der Waals surface area contributed by atoms with Crippen LogP contribution in [0.4, 0.5) is 17.2 Å². The van der Waals surface area contributed by atoms with Crippen molar-refractivity contribution < 1.29 is 0 Å². The fourth-order valence-electron chi connectivity index (χ4n) is 2.99. The molecule has 0 aliphatic carbocycles. The molecule has 1 aliphatic heterocycles. The number of nitrogens with one attached hydrogen (secondary N) is 1. The van der Waals surface area contributed by atoms with Gasteiger partial charge in [-0.15, -0.1) is 0 Å². The highest BCUT2D eigenvalue weighted by molar-refractivity contribution is 5.78. The second kappa shape index (κ2) is 4.57. The Morgan fingerprint density at radius 1 is 1.16 bits per heavy atom. The highest BCUT2D eigenvalue weighted by Gasteiger charge is 2.21. The molecule has 0 radical (unpaired) electrons. The van der Waals surface area contributed by atoms with Crippen LogP contribution in [0.25, 0.3) is 0 Å². The van der Waals surface area contributed by atoms with Gasteiger partial charge in [0.15, 0.2) is 0 Å². The Morgan fingerprint density at radius 2 is 1.89 bits per heavy atom. The predicted octanol–water partition coefficient (Wildman–Crippen LogP) is 3.57. The van der Waals surface area contributed by atoms with E-state index < -0.39 is 0 Å². The van der Waals surface area contributed by atoms with Crippen LogP contribution in [0.2, 0.25) is 0 Å². The number of hydrogen-bond donors (Lipinski definition) is 1. The maximum absolute atomic E-state index is 4.42. The normalized spacial score (nSPS) is 13.9. The van der Waals surface area contributed by atoms with Crippen LogP contribution < -0.4 is 10.2 Å². The highest BCUT2D eigenvalue weighted by atomic mass is 15.2. The zero-order valence-electron chi connectivity index (χ0n) is 11.7. The van der Waals surface area contributed by atoms with Crippen LogP contribution in [0.15, 0.2) is 30.5 Å². The lowest BCUT2D eigenvalue weighted by atomic mass is 10.0. The van der Waals surface area contributed by atoms with Crippen LogP contribution in [0.1, 0.15) is 16.7 Å². The van der Waals surface area contributed by atoms with Crippen molar-refractivity contribution in [3.8, 4) is 0 Å². The smallest absolute Gasteiger partial charge is 0.149 e. The Morgan fingerprint density at radius 3 is 2.63 bits per heavy atom. The van der Waals surface area contributed by atoms with Gasteiger partial charge in [-0.05, 0) is 44.0 Å². The van der Waals surface area contributed by atoms with Crippen molar-refractivity contribution >= 4 is 17.2 Å². The molecule has 1 aliphatic rings. The molecule has 19 heavy (non-hydrogen) atoms. The molecule has 0 unspecified atom stereocenters. The van der Waals surface area contributed by atoms with E-state index in [1.54, 1.807) is 0 Å². The maximum atomic E-state index is 4.42. The van der Waals surface area contributed by atoms with E-state index in [0.717, 1.165) is 18.9 Å². The van der Waals surface area contributed by atoms with E-state index >= 15 is 0 Å². The summed E-state index contributed by atoms with van der Waals surface area (Å²) in [5, 5.41) is 3.36. The van der Waals surface area contributed by atoms with E-state index in [1.165, 1.54) is 28.1 Å². The van der Waals surface area contributed by atoms with E-state index in [4.69, 9.17) is 0 Å². The van der Waals surface area contributed by atoms with Crippen molar-refractivity contribution in [3.63, 3.8) is 0 Å². The van der Waals surface area contributed by atoms with Gasteiger partial charge in [-0.25, -0.2) is 4.98 Å². The number of hydrogen-bond acceptors (Lipinski definition) is 3. The third-order valence-electron chi connectivity index (χ3n) is 3.61. The second-order valence-corrected chi connectivity index (χ2v) is 5.20. The minimum Gasteiger partial charge on any atom is -0.367 e. The second-order valence-electron chi connectivity index (χ2n) is 5.20. The van der Waals surface area contributed by atoms with Crippen LogP contribution >= 0.6 is 0 Å². The molecule has 0 spiro atoms. The van der Waals surface area contributed by atoms with Crippen LogP contribution in [-0.2, 0) is 0 Å². The molecule has 0 bridgehead atoms. The number of rotatable bonds is 1. The third-order valence-corrected chi connectivity index (χ3v) is 3.61. The van der Waals surface area contributed by atoms with Gasteiger partial charge in [0.1, 0.15) is 5.82 Å². The molecule has 0 saturated carbocycles. The summed E-state index contributed by atoms with van der Waals surface area (Å²) in [7, 11) is 0. The molecule has 3 rings (SSSR count). The Kier molecular flexibility index (Phi) is 2.90. The van der Waals surface area contributed by atoms with Crippen LogP contribution in [0.3, 0.4) is 0 Å². The summed E-state index contributed by atoms with van der Waals surface area (Å²) in [6.07, 6.45) is 1.84. The van der Waals surface area contributed by atoms with Crippen LogP contribution in [0.5, 0.6) is 0 Å². The van der Waals surface area contributed by atoms with Gasteiger partial charge < -0.3 is 10.2 Å². The first-order valence-corrected chi connectivity index (χ1v) is 6.71. The molecule has 0 saturated heterocycles. The van der Waals surface area contributed by atoms with Gasteiger partial charge in [-0.3, -0.25) is 0 Å². The first-order valence-electron chi connectivity index (χ1n) is 6.71. The molecule has 3 heteroatoms. The third kappa shape index (κ3) is 2.05. The van der Waals surface area contributed by atoms with E-state index in [9.17, 15) is 0 Å². The van der Waals surface area contributed by atoms with Crippen molar-refractivity contribution in [2.75, 3.05) is 23.3 Å². The summed E-state index contributed by atoms with van der Waals surface area (Å²) in [5.74, 6) is 0.980. The Bertz CT molecular complexity index is 596. The number of anilines is 3. The average molecular weight is 253 g/mol. The monoisotopic (exact) mass is 253 g/mol. The lowest BCUT2D eigenvalue weighted by Gasteiger charge is -2.33. The number of aromatic nitrogens is 1. The molecule has 2 aromatic rings. The molecule has 2 heterocycles. The van der Waals surface area contributed by atoms with Gasteiger partial charge in [0.25, 0.3) is 0 Å². The Balaban J connectivity index is 2.14. The van der Waals surface area contributed by atoms with E-state index in [2.05, 4.69) is 54.2 Å². The van der Waals surface area contributed by atoms with Gasteiger partial charge in [-0.2, -0.15) is 0 Å². The van der Waals surface area contributed by atoms with Crippen LogP contribution in [0, 0.1) is 20.8 Å². The number of pyridine rings is 1. The zero-order chi connectivity index (χ0) is 13.4. The highest BCUT2D eigenvalue weighted by Crippen LogP contribution is 2.36. The molecule has 0 atom stereocenters. The molecule has 0 fully saturated rings. The summed E-state index contributed by atoms with van der Waals surface area (Å²) in [5.41, 5.74) is 6.47. The van der Waals surface area contributed by atoms with E-state index in [0.29, 0.717) is 0 Å². The van der Waals surface area contributed by atoms with Crippen molar-refractivity contribution in [1.29, 1.82) is 0 Å². The maximum Gasteiger partial charge on any atom is 0.149 e. The zero-order valence-corrected chi connectivity index (χ0v) is 11.7. The van der Waals surface area contributed by atoms with E-state index in [-0.39, 0.29) is 0 Å². The largest absolute Gasteiger partial charge is 0.367 e. The lowest BCUT2D eigenvalue weighted by Crippen LogP contribution is -2.31. The first kappa shape index (κ1) is 12.0. The summed E-state index contributed by atoms with van der Waals surface area (Å²) in [4.78, 5) is 6.80. The number of benzene rings is 1. The fourth-order valence-corrected chi connectivity index (χ4v) is 2.99. The molecule has 1 aromatic carbocycles. The number of fused-ring (bicyclic) bond motifs is 1. The Hall–Kier alpha value is -2.03. The van der Waals surface area contributed by atoms with Gasteiger partial charge in [0.2, 0.25) is 0 Å². The molecule has 1 N–H and O–H groups in total. The fraction of sp³-hybridized carbons (Fsp3) is 0.312. The summed E-state index contributed by atoms with van der Waals surface area (Å²) in [6.45, 7) is 8.43. The van der Waals surface area contributed by atoms with Gasteiger partial charge in [0, 0.05) is 25.0 Å². The van der Waals surface area contributed by atoms with Crippen LogP contribution in [-0.4, -0.2) is 18.1 Å². The molecular weight excluding hydrogens is 234 g/mol. The quantitative estimate of drug-likeness (QED) is 0.842. The van der Waals surface area contributed by atoms with Crippen molar-refractivity contribution in [1.82, 2.24) is 4.98 Å². The van der Waals surface area contributed by atoms with Crippen molar-refractivity contribution in [2.45, 2.75) is 20.8 Å². The minimum atomic E-state index is 0.927. The van der Waals surface area contributed by atoms with Gasteiger partial charge in [-0.1, -0.05) is 17.7 Å².